The second-order valence-electron chi connectivity index (χ2n) is 6.78. The SMILES string of the molecule is CCCCCCC(C)(C)N(C)CC1(C)COC1. The van der Waals surface area contributed by atoms with E-state index in [1.54, 1.807) is 0 Å². The number of unbranched alkanes of at least 4 members (excludes halogenated alkanes) is 3. The van der Waals surface area contributed by atoms with Gasteiger partial charge in [0.25, 0.3) is 0 Å². The maximum atomic E-state index is 5.34. The summed E-state index contributed by atoms with van der Waals surface area (Å²) in [5, 5.41) is 0. The fourth-order valence-electron chi connectivity index (χ4n) is 2.50. The molecule has 1 aliphatic heterocycles. The summed E-state index contributed by atoms with van der Waals surface area (Å²) in [5.41, 5.74) is 0.724. The van der Waals surface area contributed by atoms with Gasteiger partial charge in [0, 0.05) is 17.5 Å². The summed E-state index contributed by atoms with van der Waals surface area (Å²) in [5.74, 6) is 0. The molecule has 17 heavy (non-hydrogen) atoms. The van der Waals surface area contributed by atoms with Gasteiger partial charge in [-0.1, -0.05) is 39.5 Å². The average molecular weight is 241 g/mol. The van der Waals surface area contributed by atoms with E-state index in [4.69, 9.17) is 4.74 Å². The van der Waals surface area contributed by atoms with Crippen molar-refractivity contribution in [3.63, 3.8) is 0 Å². The number of ether oxygens (including phenoxy) is 1. The second kappa shape index (κ2) is 6.19. The fourth-order valence-corrected chi connectivity index (χ4v) is 2.50. The average Bonchev–Trinajstić information content (AvgIpc) is 2.22. The van der Waals surface area contributed by atoms with Gasteiger partial charge in [-0.15, -0.1) is 0 Å². The minimum Gasteiger partial charge on any atom is -0.380 e. The zero-order chi connectivity index (χ0) is 12.9. The van der Waals surface area contributed by atoms with E-state index in [0.29, 0.717) is 11.0 Å². The molecule has 1 heterocycles. The fraction of sp³-hybridized carbons (Fsp3) is 1.00. The summed E-state index contributed by atoms with van der Waals surface area (Å²) >= 11 is 0. The van der Waals surface area contributed by atoms with Crippen molar-refractivity contribution >= 4 is 0 Å². The van der Waals surface area contributed by atoms with E-state index in [0.717, 1.165) is 19.8 Å². The van der Waals surface area contributed by atoms with E-state index in [9.17, 15) is 0 Å². The molecule has 0 spiro atoms. The normalized spacial score (nSPS) is 19.4. The minimum absolute atomic E-state index is 0.326. The van der Waals surface area contributed by atoms with Crippen LogP contribution in [0, 0.1) is 5.41 Å². The predicted octanol–water partition coefficient (Wildman–Crippen LogP) is 3.70. The standard InChI is InChI=1S/C15H31NO/c1-6-7-8-9-10-14(2,3)16(5)11-15(4)12-17-13-15/h6-13H2,1-5H3. The molecule has 0 aromatic rings. The van der Waals surface area contributed by atoms with Crippen molar-refractivity contribution in [2.75, 3.05) is 26.8 Å². The molecule has 2 heteroatoms. The summed E-state index contributed by atoms with van der Waals surface area (Å²) in [6.45, 7) is 12.4. The molecule has 0 N–H and O–H groups in total. The van der Waals surface area contributed by atoms with Crippen LogP contribution in [0.2, 0.25) is 0 Å². The first-order chi connectivity index (χ1) is 7.90. The molecule has 0 bridgehead atoms. The third-order valence-electron chi connectivity index (χ3n) is 4.20. The Morgan fingerprint density at radius 1 is 1.18 bits per heavy atom. The molecule has 1 fully saturated rings. The van der Waals surface area contributed by atoms with Gasteiger partial charge >= 0.3 is 0 Å². The molecule has 0 unspecified atom stereocenters. The van der Waals surface area contributed by atoms with Gasteiger partial charge in [0.15, 0.2) is 0 Å². The van der Waals surface area contributed by atoms with E-state index in [1.807, 2.05) is 0 Å². The summed E-state index contributed by atoms with van der Waals surface area (Å²) in [4.78, 5) is 2.53. The van der Waals surface area contributed by atoms with Gasteiger partial charge in [-0.25, -0.2) is 0 Å². The Hall–Kier alpha value is -0.0800. The van der Waals surface area contributed by atoms with Gasteiger partial charge < -0.3 is 9.64 Å². The Labute approximate surface area is 108 Å². The molecule has 0 aromatic carbocycles. The Balaban J connectivity index is 2.29. The molecule has 0 radical (unpaired) electrons. The zero-order valence-corrected chi connectivity index (χ0v) is 12.5. The number of nitrogens with zero attached hydrogens (tertiary/aromatic N) is 1. The maximum Gasteiger partial charge on any atom is 0.0554 e. The summed E-state index contributed by atoms with van der Waals surface area (Å²) in [6, 6.07) is 0. The summed E-state index contributed by atoms with van der Waals surface area (Å²) < 4.78 is 5.34. The quantitative estimate of drug-likeness (QED) is 0.601. The van der Waals surface area contributed by atoms with Crippen LogP contribution < -0.4 is 0 Å². The highest BCUT2D eigenvalue weighted by molar-refractivity contribution is 4.88. The van der Waals surface area contributed by atoms with Crippen LogP contribution in [-0.4, -0.2) is 37.2 Å². The molecule has 102 valence electrons. The van der Waals surface area contributed by atoms with Crippen molar-refractivity contribution in [3.8, 4) is 0 Å². The van der Waals surface area contributed by atoms with Crippen LogP contribution in [0.3, 0.4) is 0 Å². The van der Waals surface area contributed by atoms with Gasteiger partial charge in [-0.3, -0.25) is 0 Å². The zero-order valence-electron chi connectivity index (χ0n) is 12.5. The van der Waals surface area contributed by atoms with Gasteiger partial charge in [0.2, 0.25) is 0 Å². The van der Waals surface area contributed by atoms with Crippen molar-refractivity contribution in [3.05, 3.63) is 0 Å². The Morgan fingerprint density at radius 3 is 2.29 bits per heavy atom. The van der Waals surface area contributed by atoms with Crippen molar-refractivity contribution in [1.82, 2.24) is 4.90 Å². The Kier molecular flexibility index (Phi) is 5.46. The first-order valence-electron chi connectivity index (χ1n) is 7.19. The third-order valence-corrected chi connectivity index (χ3v) is 4.20. The Bertz CT molecular complexity index is 221. The molecule has 1 rings (SSSR count). The first kappa shape index (κ1) is 15.0. The Morgan fingerprint density at radius 2 is 1.82 bits per heavy atom. The van der Waals surface area contributed by atoms with Crippen LogP contribution in [0.15, 0.2) is 0 Å². The molecular weight excluding hydrogens is 210 g/mol. The first-order valence-corrected chi connectivity index (χ1v) is 7.19. The monoisotopic (exact) mass is 241 g/mol. The molecule has 0 atom stereocenters. The van der Waals surface area contributed by atoms with Crippen LogP contribution in [0.5, 0.6) is 0 Å². The molecule has 0 aromatic heterocycles. The van der Waals surface area contributed by atoms with E-state index >= 15 is 0 Å². The van der Waals surface area contributed by atoms with E-state index in [2.05, 4.69) is 39.6 Å². The lowest BCUT2D eigenvalue weighted by molar-refractivity contribution is -0.121. The van der Waals surface area contributed by atoms with Gasteiger partial charge in [0.1, 0.15) is 0 Å². The van der Waals surface area contributed by atoms with Crippen molar-refractivity contribution in [2.45, 2.75) is 65.3 Å². The van der Waals surface area contributed by atoms with Crippen LogP contribution in [0.4, 0.5) is 0 Å². The highest BCUT2D eigenvalue weighted by Gasteiger charge is 2.37. The van der Waals surface area contributed by atoms with E-state index in [1.165, 1.54) is 32.1 Å². The topological polar surface area (TPSA) is 12.5 Å². The highest BCUT2D eigenvalue weighted by atomic mass is 16.5. The molecule has 0 amide bonds. The molecule has 0 saturated carbocycles. The molecule has 1 saturated heterocycles. The summed E-state index contributed by atoms with van der Waals surface area (Å²) in [6.07, 6.45) is 6.75. The molecular formula is C15H31NO. The van der Waals surface area contributed by atoms with Gasteiger partial charge in [-0.2, -0.15) is 0 Å². The van der Waals surface area contributed by atoms with Crippen LogP contribution >= 0.6 is 0 Å². The van der Waals surface area contributed by atoms with Gasteiger partial charge in [0.05, 0.1) is 13.2 Å². The number of hydrogen-bond donors (Lipinski definition) is 0. The summed E-state index contributed by atoms with van der Waals surface area (Å²) in [7, 11) is 2.27. The molecule has 0 aliphatic carbocycles. The maximum absolute atomic E-state index is 5.34. The lowest BCUT2D eigenvalue weighted by Crippen LogP contribution is -2.53. The van der Waals surface area contributed by atoms with Crippen LogP contribution in [0.1, 0.15) is 59.8 Å². The van der Waals surface area contributed by atoms with Crippen LogP contribution in [0.25, 0.3) is 0 Å². The highest BCUT2D eigenvalue weighted by Crippen LogP contribution is 2.31. The smallest absolute Gasteiger partial charge is 0.0554 e. The van der Waals surface area contributed by atoms with Crippen molar-refractivity contribution in [2.24, 2.45) is 5.41 Å². The van der Waals surface area contributed by atoms with Crippen molar-refractivity contribution in [1.29, 1.82) is 0 Å². The third kappa shape index (κ3) is 4.59. The largest absolute Gasteiger partial charge is 0.380 e. The number of hydrogen-bond acceptors (Lipinski definition) is 2. The predicted molar refractivity (Wildman–Crippen MR) is 74.4 cm³/mol. The van der Waals surface area contributed by atoms with Crippen molar-refractivity contribution < 1.29 is 4.74 Å². The lowest BCUT2D eigenvalue weighted by Gasteiger charge is -2.46. The minimum atomic E-state index is 0.326. The molecule has 1 aliphatic rings. The molecule has 2 nitrogen and oxygen atoms in total. The second-order valence-corrected chi connectivity index (χ2v) is 6.78. The van der Waals surface area contributed by atoms with E-state index < -0.39 is 0 Å². The lowest BCUT2D eigenvalue weighted by atomic mass is 9.85. The van der Waals surface area contributed by atoms with Gasteiger partial charge in [-0.05, 0) is 27.3 Å². The van der Waals surface area contributed by atoms with Crippen LogP contribution in [-0.2, 0) is 4.74 Å². The van der Waals surface area contributed by atoms with E-state index in [-0.39, 0.29) is 0 Å². The number of rotatable bonds is 8.